The molecule has 3 aliphatic rings. The summed E-state index contributed by atoms with van der Waals surface area (Å²) in [6, 6.07) is 15.3. The van der Waals surface area contributed by atoms with E-state index in [9.17, 15) is 19.4 Å². The number of pyridine rings is 1. The largest absolute Gasteiger partial charge is 0.489 e. The number of carboxylic acid groups (broad SMARTS) is 1. The van der Waals surface area contributed by atoms with Crippen molar-refractivity contribution in [3.8, 4) is 16.9 Å². The van der Waals surface area contributed by atoms with E-state index in [1.54, 1.807) is 6.07 Å². The zero-order valence-corrected chi connectivity index (χ0v) is 22.4. The third-order valence-corrected chi connectivity index (χ3v) is 8.81. The van der Waals surface area contributed by atoms with Crippen molar-refractivity contribution in [3.05, 3.63) is 76.7 Å². The Morgan fingerprint density at radius 3 is 2.79 bits per heavy atom. The third-order valence-electron chi connectivity index (χ3n) is 8.81. The maximum absolute atomic E-state index is 14.8. The SMILES string of the molecule is CCC[C@H]1CC(O)CCN1c1ccc(-c2ccc(F)c(COc3ccc4c(c3)C[C@H]3[C@H](C(=O)O)[C@@H]43)c2)c(C)n1. The molecule has 39 heavy (non-hydrogen) atoms. The number of ether oxygens (including phenoxy) is 1. The fraction of sp³-hybridized carbons (Fsp3) is 0.438. The van der Waals surface area contributed by atoms with Crippen molar-refractivity contribution in [2.75, 3.05) is 11.4 Å². The molecule has 6 nitrogen and oxygen atoms in total. The highest BCUT2D eigenvalue weighted by molar-refractivity contribution is 5.78. The summed E-state index contributed by atoms with van der Waals surface area (Å²) in [5.41, 5.74) is 5.44. The van der Waals surface area contributed by atoms with Crippen LogP contribution in [0, 0.1) is 24.6 Å². The lowest BCUT2D eigenvalue weighted by Crippen LogP contribution is -2.44. The molecule has 2 aromatic carbocycles. The van der Waals surface area contributed by atoms with E-state index in [1.165, 1.54) is 6.07 Å². The molecule has 7 heteroatoms. The van der Waals surface area contributed by atoms with Crippen LogP contribution in [0.3, 0.4) is 0 Å². The molecular weight excluding hydrogens is 495 g/mol. The Labute approximate surface area is 228 Å². The molecule has 6 rings (SSSR count). The Kier molecular flexibility index (Phi) is 6.79. The molecule has 0 amide bonds. The van der Waals surface area contributed by atoms with E-state index in [0.29, 0.717) is 11.3 Å². The van der Waals surface area contributed by atoms with Gasteiger partial charge in [-0.05, 0) is 91.6 Å². The number of anilines is 1. The molecule has 1 saturated heterocycles. The van der Waals surface area contributed by atoms with Crippen LogP contribution < -0.4 is 9.64 Å². The first-order valence-corrected chi connectivity index (χ1v) is 14.0. The standard InChI is InChI=1S/C32H35FN2O4/c1-3-4-22-16-23(36)11-12-35(22)29-10-8-25(18(2)34-29)19-5-9-28(33)21(13-19)17-39-24-6-7-26-20(14-24)15-27-30(26)31(27)32(37)38/h5-10,13-14,22-23,27,30-31,36H,3-4,11-12,15-17H2,1-2H3,(H,37,38)/t22-,23?,27+,30-,31-/m0/s1. The molecule has 3 aromatic rings. The Morgan fingerprint density at radius 2 is 2.03 bits per heavy atom. The van der Waals surface area contributed by atoms with Crippen molar-refractivity contribution in [1.82, 2.24) is 4.98 Å². The Morgan fingerprint density at radius 1 is 1.18 bits per heavy atom. The van der Waals surface area contributed by atoms with Gasteiger partial charge in [-0.2, -0.15) is 0 Å². The van der Waals surface area contributed by atoms with E-state index >= 15 is 0 Å². The van der Waals surface area contributed by atoms with Gasteiger partial charge in [0.2, 0.25) is 0 Å². The highest BCUT2D eigenvalue weighted by Crippen LogP contribution is 2.61. The molecule has 1 aliphatic heterocycles. The summed E-state index contributed by atoms with van der Waals surface area (Å²) >= 11 is 0. The van der Waals surface area contributed by atoms with E-state index in [4.69, 9.17) is 9.72 Å². The molecule has 0 bridgehead atoms. The second kappa shape index (κ2) is 10.3. The van der Waals surface area contributed by atoms with Gasteiger partial charge in [0.05, 0.1) is 12.0 Å². The topological polar surface area (TPSA) is 82.9 Å². The molecule has 2 fully saturated rings. The molecule has 1 unspecified atom stereocenters. The van der Waals surface area contributed by atoms with Gasteiger partial charge in [0.1, 0.15) is 24.0 Å². The number of aliphatic hydroxyl groups excluding tert-OH is 1. The van der Waals surface area contributed by atoms with Gasteiger partial charge in [-0.3, -0.25) is 4.79 Å². The number of halogens is 1. The van der Waals surface area contributed by atoms with Crippen LogP contribution in [0.5, 0.6) is 5.75 Å². The lowest BCUT2D eigenvalue weighted by molar-refractivity contribution is -0.139. The van der Waals surface area contributed by atoms with Crippen LogP contribution in [0.2, 0.25) is 0 Å². The van der Waals surface area contributed by atoms with E-state index < -0.39 is 5.97 Å². The third kappa shape index (κ3) is 4.89. The van der Waals surface area contributed by atoms with E-state index in [-0.39, 0.29) is 42.3 Å². The van der Waals surface area contributed by atoms with E-state index in [2.05, 4.69) is 17.9 Å². The van der Waals surface area contributed by atoms with E-state index in [0.717, 1.165) is 72.4 Å². The monoisotopic (exact) mass is 530 g/mol. The normalized spacial score (nSPS) is 25.2. The van der Waals surface area contributed by atoms with Crippen LogP contribution in [-0.2, 0) is 17.8 Å². The number of aromatic nitrogens is 1. The van der Waals surface area contributed by atoms with Gasteiger partial charge in [0, 0.05) is 35.3 Å². The van der Waals surface area contributed by atoms with Crippen molar-refractivity contribution in [2.24, 2.45) is 11.8 Å². The number of nitrogens with zero attached hydrogens (tertiary/aromatic N) is 2. The van der Waals surface area contributed by atoms with Crippen molar-refractivity contribution >= 4 is 11.8 Å². The molecule has 2 aliphatic carbocycles. The molecular formula is C32H35FN2O4. The quantitative estimate of drug-likeness (QED) is 0.379. The minimum Gasteiger partial charge on any atom is -0.489 e. The number of piperidine rings is 1. The highest BCUT2D eigenvalue weighted by atomic mass is 19.1. The highest BCUT2D eigenvalue weighted by Gasteiger charge is 2.59. The molecule has 2 N–H and O–H groups in total. The van der Waals surface area contributed by atoms with Crippen LogP contribution in [0.15, 0.2) is 48.5 Å². The summed E-state index contributed by atoms with van der Waals surface area (Å²) in [6.07, 6.45) is 4.12. The van der Waals surface area contributed by atoms with Crippen LogP contribution in [0.4, 0.5) is 10.2 Å². The van der Waals surface area contributed by atoms with Gasteiger partial charge in [0.15, 0.2) is 0 Å². The van der Waals surface area contributed by atoms with Crippen LogP contribution in [0.25, 0.3) is 11.1 Å². The molecule has 0 spiro atoms. The first kappa shape index (κ1) is 25.8. The summed E-state index contributed by atoms with van der Waals surface area (Å²) in [4.78, 5) is 18.6. The van der Waals surface area contributed by atoms with Crippen molar-refractivity contribution in [3.63, 3.8) is 0 Å². The fourth-order valence-electron chi connectivity index (χ4n) is 6.78. The average molecular weight is 531 g/mol. The summed E-state index contributed by atoms with van der Waals surface area (Å²) in [6.45, 7) is 5.04. The summed E-state index contributed by atoms with van der Waals surface area (Å²) in [5.74, 6) is 0.643. The number of benzene rings is 2. The second-order valence-corrected chi connectivity index (χ2v) is 11.3. The summed E-state index contributed by atoms with van der Waals surface area (Å²) in [7, 11) is 0. The number of fused-ring (bicyclic) bond motifs is 3. The minimum absolute atomic E-state index is 0.0996. The summed E-state index contributed by atoms with van der Waals surface area (Å²) < 4.78 is 20.7. The van der Waals surface area contributed by atoms with Crippen LogP contribution in [0.1, 0.15) is 60.9 Å². The van der Waals surface area contributed by atoms with Gasteiger partial charge in [-0.25, -0.2) is 9.37 Å². The fourth-order valence-corrected chi connectivity index (χ4v) is 6.78. The predicted octanol–water partition coefficient (Wildman–Crippen LogP) is 5.88. The lowest BCUT2D eigenvalue weighted by Gasteiger charge is -2.39. The van der Waals surface area contributed by atoms with Crippen molar-refractivity contribution in [2.45, 2.75) is 70.6 Å². The zero-order valence-electron chi connectivity index (χ0n) is 22.4. The first-order valence-electron chi connectivity index (χ1n) is 14.0. The number of aliphatic carboxylic acids is 1. The average Bonchev–Trinajstić information content (AvgIpc) is 3.51. The zero-order chi connectivity index (χ0) is 27.3. The molecule has 1 aromatic heterocycles. The Hall–Kier alpha value is -3.45. The molecule has 2 heterocycles. The maximum atomic E-state index is 14.8. The summed E-state index contributed by atoms with van der Waals surface area (Å²) in [5, 5.41) is 19.5. The molecule has 5 atom stereocenters. The van der Waals surface area contributed by atoms with Crippen molar-refractivity contribution in [1.29, 1.82) is 0 Å². The van der Waals surface area contributed by atoms with Crippen LogP contribution >= 0.6 is 0 Å². The number of aryl methyl sites for hydroxylation is 1. The lowest BCUT2D eigenvalue weighted by atomic mass is 9.95. The number of hydrogen-bond donors (Lipinski definition) is 2. The number of carboxylic acids is 1. The molecule has 204 valence electrons. The maximum Gasteiger partial charge on any atom is 0.307 e. The number of aliphatic hydroxyl groups is 1. The first-order chi connectivity index (χ1) is 18.8. The molecule has 1 saturated carbocycles. The predicted molar refractivity (Wildman–Crippen MR) is 147 cm³/mol. The number of carbonyl (C=O) groups is 1. The Bertz CT molecular complexity index is 1410. The van der Waals surface area contributed by atoms with Gasteiger partial charge in [-0.1, -0.05) is 25.5 Å². The Balaban J connectivity index is 1.16. The van der Waals surface area contributed by atoms with Gasteiger partial charge in [-0.15, -0.1) is 0 Å². The smallest absolute Gasteiger partial charge is 0.307 e. The number of hydrogen-bond acceptors (Lipinski definition) is 5. The van der Waals surface area contributed by atoms with Crippen molar-refractivity contribution < 1.29 is 24.1 Å². The minimum atomic E-state index is -0.710. The number of rotatable bonds is 8. The molecule has 0 radical (unpaired) electrons. The van der Waals surface area contributed by atoms with Crippen LogP contribution in [-0.4, -0.2) is 39.9 Å². The van der Waals surface area contributed by atoms with Gasteiger partial charge >= 0.3 is 5.97 Å². The van der Waals surface area contributed by atoms with Gasteiger partial charge < -0.3 is 19.8 Å². The van der Waals surface area contributed by atoms with E-state index in [1.807, 2.05) is 37.3 Å². The van der Waals surface area contributed by atoms with Gasteiger partial charge in [0.25, 0.3) is 0 Å². The second-order valence-electron chi connectivity index (χ2n) is 11.3.